The normalized spacial score (nSPS) is 12.9. The summed E-state index contributed by atoms with van der Waals surface area (Å²) in [5.41, 5.74) is 1.78. The first-order valence-corrected chi connectivity index (χ1v) is 10.9. The van der Waals surface area contributed by atoms with Crippen LogP contribution in [0.1, 0.15) is 25.0 Å². The Hall–Kier alpha value is -2.06. The molecule has 28 heavy (non-hydrogen) atoms. The van der Waals surface area contributed by atoms with E-state index >= 15 is 0 Å². The summed E-state index contributed by atoms with van der Waals surface area (Å²) in [7, 11) is 2.48. The topological polar surface area (TPSA) is 58.2 Å². The van der Waals surface area contributed by atoms with E-state index in [1.807, 2.05) is 0 Å². The fourth-order valence-corrected chi connectivity index (χ4v) is 4.23. The van der Waals surface area contributed by atoms with Gasteiger partial charge in [-0.2, -0.15) is 0 Å². The minimum absolute atomic E-state index is 0.283. The molecule has 2 aromatic rings. The monoisotopic (exact) mass is 424 g/mol. The van der Waals surface area contributed by atoms with Gasteiger partial charge in [0.15, 0.2) is 0 Å². The molecule has 150 valence electrons. The maximum atomic E-state index is 13.6. The molecule has 2 atom stereocenters. The number of carbonyl (C=O) groups excluding carboxylic acids is 2. The second-order valence-electron chi connectivity index (χ2n) is 6.38. The highest BCUT2D eigenvalue weighted by Gasteiger charge is 2.20. The van der Waals surface area contributed by atoms with Crippen LogP contribution in [0.5, 0.6) is 0 Å². The average molecular weight is 425 g/mol. The van der Waals surface area contributed by atoms with Crippen molar-refractivity contribution in [3.8, 4) is 0 Å². The molecule has 2 aromatic carbocycles. The second-order valence-corrected chi connectivity index (χ2v) is 9.34. The first-order chi connectivity index (χ1) is 13.2. The Morgan fingerprint density at radius 3 is 1.46 bits per heavy atom. The van der Waals surface area contributed by atoms with Gasteiger partial charge < -0.3 is 10.6 Å². The predicted molar refractivity (Wildman–Crippen MR) is 114 cm³/mol. The van der Waals surface area contributed by atoms with Crippen LogP contribution in [0.2, 0.25) is 0 Å². The Labute approximate surface area is 171 Å². The molecule has 2 rings (SSSR count). The van der Waals surface area contributed by atoms with Gasteiger partial charge in [-0.05, 0) is 63.1 Å². The molecule has 4 nitrogen and oxygen atoms in total. The van der Waals surface area contributed by atoms with E-state index < -0.39 is 10.5 Å². The van der Waals surface area contributed by atoms with Gasteiger partial charge in [0.2, 0.25) is 11.8 Å². The van der Waals surface area contributed by atoms with Crippen LogP contribution in [0.25, 0.3) is 0 Å². The first kappa shape index (κ1) is 22.2. The van der Waals surface area contributed by atoms with Crippen LogP contribution in [0, 0.1) is 25.5 Å². The molecule has 0 aliphatic heterocycles. The number of benzene rings is 2. The van der Waals surface area contributed by atoms with Gasteiger partial charge in [-0.15, -0.1) is 0 Å². The molecule has 0 aliphatic carbocycles. The predicted octanol–water partition coefficient (Wildman–Crippen LogP) is 5.32. The molecule has 0 aromatic heterocycles. The lowest BCUT2D eigenvalue weighted by Gasteiger charge is -2.15. The molecular weight excluding hydrogens is 402 g/mol. The zero-order chi connectivity index (χ0) is 20.8. The molecule has 0 radical (unpaired) electrons. The highest BCUT2D eigenvalue weighted by Crippen LogP contribution is 2.32. The van der Waals surface area contributed by atoms with Crippen molar-refractivity contribution in [2.75, 3.05) is 10.6 Å². The van der Waals surface area contributed by atoms with Crippen LogP contribution in [-0.2, 0) is 9.59 Å². The number of halogens is 2. The smallest absolute Gasteiger partial charge is 0.238 e. The van der Waals surface area contributed by atoms with Gasteiger partial charge in [-0.3, -0.25) is 9.59 Å². The van der Waals surface area contributed by atoms with E-state index in [1.54, 1.807) is 52.0 Å². The van der Waals surface area contributed by atoms with Gasteiger partial charge >= 0.3 is 0 Å². The molecule has 0 bridgehead atoms. The minimum atomic E-state index is -0.457. The van der Waals surface area contributed by atoms with Crippen molar-refractivity contribution in [1.29, 1.82) is 0 Å². The van der Waals surface area contributed by atoms with Crippen molar-refractivity contribution in [2.24, 2.45) is 0 Å². The highest BCUT2D eigenvalue weighted by atomic mass is 33.1. The van der Waals surface area contributed by atoms with E-state index in [4.69, 9.17) is 0 Å². The number of hydrogen-bond acceptors (Lipinski definition) is 4. The van der Waals surface area contributed by atoms with E-state index in [0.717, 1.165) is 0 Å². The van der Waals surface area contributed by atoms with Crippen LogP contribution in [0.4, 0.5) is 20.2 Å². The Morgan fingerprint density at radius 1 is 0.786 bits per heavy atom. The summed E-state index contributed by atoms with van der Waals surface area (Å²) in [6.07, 6.45) is 0. The molecule has 8 heteroatoms. The van der Waals surface area contributed by atoms with Crippen LogP contribution in [0.15, 0.2) is 36.4 Å². The average Bonchev–Trinajstić information content (AvgIpc) is 2.65. The van der Waals surface area contributed by atoms with E-state index in [2.05, 4.69) is 10.6 Å². The van der Waals surface area contributed by atoms with Gasteiger partial charge in [-0.1, -0.05) is 33.7 Å². The fourth-order valence-electron chi connectivity index (χ4n) is 2.08. The lowest BCUT2D eigenvalue weighted by atomic mass is 10.2. The third-order valence-corrected chi connectivity index (χ3v) is 7.14. The number of amides is 2. The van der Waals surface area contributed by atoms with Gasteiger partial charge in [0, 0.05) is 11.4 Å². The van der Waals surface area contributed by atoms with Crippen molar-refractivity contribution in [3.63, 3.8) is 0 Å². The first-order valence-electron chi connectivity index (χ1n) is 8.63. The van der Waals surface area contributed by atoms with Crippen LogP contribution in [0.3, 0.4) is 0 Å². The quantitative estimate of drug-likeness (QED) is 0.591. The van der Waals surface area contributed by atoms with Gasteiger partial charge in [0.1, 0.15) is 11.6 Å². The van der Waals surface area contributed by atoms with Crippen LogP contribution >= 0.6 is 21.6 Å². The Morgan fingerprint density at radius 2 is 1.14 bits per heavy atom. The third-order valence-electron chi connectivity index (χ3n) is 3.96. The molecule has 2 amide bonds. The standard InChI is InChI=1S/C20H22F2N2O2S2/c1-11-5-7-15(9-17(11)21)23-19(25)13(3)27-28-14(4)20(26)24-16-8-6-12(2)18(22)10-16/h5-10,13-14H,1-4H3,(H,23,25)(H,24,26)/t13-,14-/m1/s1. The van der Waals surface area contributed by atoms with E-state index in [0.29, 0.717) is 22.5 Å². The zero-order valence-corrected chi connectivity index (χ0v) is 17.6. The van der Waals surface area contributed by atoms with E-state index in [9.17, 15) is 18.4 Å². The Balaban J connectivity index is 1.83. The molecule has 0 aliphatic rings. The number of anilines is 2. The highest BCUT2D eigenvalue weighted by molar-refractivity contribution is 8.77. The van der Waals surface area contributed by atoms with Crippen molar-refractivity contribution in [1.82, 2.24) is 0 Å². The Kier molecular flexibility index (Phi) is 7.88. The molecule has 0 unspecified atom stereocenters. The maximum absolute atomic E-state index is 13.6. The van der Waals surface area contributed by atoms with Gasteiger partial charge in [-0.25, -0.2) is 8.78 Å². The summed E-state index contributed by atoms with van der Waals surface area (Å²) in [5.74, 6) is -1.33. The zero-order valence-electron chi connectivity index (χ0n) is 16.0. The minimum Gasteiger partial charge on any atom is -0.325 e. The number of hydrogen-bond donors (Lipinski definition) is 2. The SMILES string of the molecule is Cc1ccc(NC(=O)[C@@H](C)SS[C@H](C)C(=O)Nc2ccc(C)c(F)c2)cc1F. The third kappa shape index (κ3) is 6.24. The summed E-state index contributed by atoms with van der Waals surface area (Å²) >= 11 is 0. The molecule has 2 N–H and O–H groups in total. The number of rotatable bonds is 7. The van der Waals surface area contributed by atoms with Crippen molar-refractivity contribution in [2.45, 2.75) is 38.2 Å². The summed E-state index contributed by atoms with van der Waals surface area (Å²) < 4.78 is 27.1. The molecule has 0 heterocycles. The van der Waals surface area contributed by atoms with E-state index in [1.165, 1.54) is 33.7 Å². The molecule has 0 spiro atoms. The number of aryl methyl sites for hydroxylation is 2. The lowest BCUT2D eigenvalue weighted by Crippen LogP contribution is -2.24. The fraction of sp³-hybridized carbons (Fsp3) is 0.300. The van der Waals surface area contributed by atoms with Crippen LogP contribution < -0.4 is 10.6 Å². The molecule has 0 saturated heterocycles. The molecule has 0 fully saturated rings. The van der Waals surface area contributed by atoms with Crippen molar-refractivity contribution < 1.29 is 18.4 Å². The summed E-state index contributed by atoms with van der Waals surface area (Å²) in [6, 6.07) is 9.01. The van der Waals surface area contributed by atoms with Gasteiger partial charge in [0.05, 0.1) is 10.5 Å². The maximum Gasteiger partial charge on any atom is 0.238 e. The van der Waals surface area contributed by atoms with Crippen LogP contribution in [-0.4, -0.2) is 22.3 Å². The lowest BCUT2D eigenvalue weighted by molar-refractivity contribution is -0.116. The second kappa shape index (κ2) is 9.93. The van der Waals surface area contributed by atoms with Crippen molar-refractivity contribution >= 4 is 44.8 Å². The summed E-state index contributed by atoms with van der Waals surface area (Å²) in [5, 5.41) is 4.40. The number of nitrogens with one attached hydrogen (secondary N) is 2. The molecular formula is C20H22F2N2O2S2. The molecule has 0 saturated carbocycles. The Bertz CT molecular complexity index is 806. The summed E-state index contributed by atoms with van der Waals surface area (Å²) in [4.78, 5) is 24.5. The van der Waals surface area contributed by atoms with E-state index in [-0.39, 0.29) is 23.4 Å². The summed E-state index contributed by atoms with van der Waals surface area (Å²) in [6.45, 7) is 6.70. The van der Waals surface area contributed by atoms with Gasteiger partial charge in [0.25, 0.3) is 0 Å². The largest absolute Gasteiger partial charge is 0.325 e. The van der Waals surface area contributed by atoms with Crippen molar-refractivity contribution in [3.05, 3.63) is 59.2 Å². The number of carbonyl (C=O) groups is 2.